The predicted molar refractivity (Wildman–Crippen MR) is 97.5 cm³/mol. The third-order valence-electron chi connectivity index (χ3n) is 3.54. The number of benzene rings is 1. The maximum Gasteiger partial charge on any atom is 0.0764 e. The van der Waals surface area contributed by atoms with E-state index in [1.165, 1.54) is 5.56 Å². The molecule has 0 aromatic heterocycles. The molecule has 0 fully saturated rings. The van der Waals surface area contributed by atoms with Crippen molar-refractivity contribution in [3.63, 3.8) is 0 Å². The average Bonchev–Trinajstić information content (AvgIpc) is 2.55. The topological polar surface area (TPSA) is 38.0 Å². The van der Waals surface area contributed by atoms with E-state index < -0.39 is 0 Å². The molecule has 1 rings (SSSR count). The first-order valence-electron chi connectivity index (χ1n) is 7.87. The Morgan fingerprint density at radius 1 is 1.14 bits per heavy atom. The Bertz CT molecular complexity index is 500. The van der Waals surface area contributed by atoms with E-state index in [2.05, 4.69) is 37.2 Å². The first-order valence-corrected chi connectivity index (χ1v) is 7.87. The number of nitrogens with two attached hydrogens (primary N) is 1. The molecule has 0 saturated carbocycles. The van der Waals surface area contributed by atoms with Crippen molar-refractivity contribution in [1.29, 1.82) is 0 Å². The SMILES string of the molecule is C=C/C=C(\C=C)C(NC(=C)CCCCCN)c1ccccc1. The van der Waals surface area contributed by atoms with Gasteiger partial charge in [-0.3, -0.25) is 0 Å². The van der Waals surface area contributed by atoms with Gasteiger partial charge in [-0.1, -0.05) is 74.7 Å². The van der Waals surface area contributed by atoms with E-state index in [4.69, 9.17) is 5.73 Å². The maximum atomic E-state index is 5.53. The van der Waals surface area contributed by atoms with Crippen LogP contribution in [0.2, 0.25) is 0 Å². The van der Waals surface area contributed by atoms with Gasteiger partial charge in [0.2, 0.25) is 0 Å². The Balaban J connectivity index is 2.79. The molecule has 0 bridgehead atoms. The van der Waals surface area contributed by atoms with Gasteiger partial charge in [0.1, 0.15) is 0 Å². The van der Waals surface area contributed by atoms with E-state index in [1.807, 2.05) is 30.4 Å². The molecule has 0 radical (unpaired) electrons. The fourth-order valence-electron chi connectivity index (χ4n) is 2.36. The van der Waals surface area contributed by atoms with Crippen LogP contribution >= 0.6 is 0 Å². The fraction of sp³-hybridized carbons (Fsp3) is 0.300. The summed E-state index contributed by atoms with van der Waals surface area (Å²) in [5, 5.41) is 3.53. The Morgan fingerprint density at radius 2 is 1.86 bits per heavy atom. The number of hydrogen-bond donors (Lipinski definition) is 2. The van der Waals surface area contributed by atoms with Gasteiger partial charge in [-0.2, -0.15) is 0 Å². The molecular weight excluding hydrogens is 268 g/mol. The van der Waals surface area contributed by atoms with Gasteiger partial charge in [0, 0.05) is 5.70 Å². The van der Waals surface area contributed by atoms with E-state index >= 15 is 0 Å². The number of hydrogen-bond acceptors (Lipinski definition) is 2. The molecule has 0 saturated heterocycles. The van der Waals surface area contributed by atoms with Gasteiger partial charge >= 0.3 is 0 Å². The zero-order valence-corrected chi connectivity index (χ0v) is 13.4. The molecular formula is C20H28N2. The summed E-state index contributed by atoms with van der Waals surface area (Å²) in [4.78, 5) is 0. The molecule has 0 heterocycles. The van der Waals surface area contributed by atoms with Crippen molar-refractivity contribution in [2.75, 3.05) is 6.54 Å². The van der Waals surface area contributed by atoms with Crippen LogP contribution < -0.4 is 11.1 Å². The molecule has 1 aromatic rings. The van der Waals surface area contributed by atoms with Crippen LogP contribution in [-0.2, 0) is 0 Å². The Hall–Kier alpha value is -2.06. The first kappa shape index (κ1) is 18.0. The number of nitrogens with one attached hydrogen (secondary N) is 1. The van der Waals surface area contributed by atoms with Crippen LogP contribution in [-0.4, -0.2) is 6.54 Å². The lowest BCUT2D eigenvalue weighted by atomic mass is 9.97. The Morgan fingerprint density at radius 3 is 2.45 bits per heavy atom. The van der Waals surface area contributed by atoms with Gasteiger partial charge in [0.25, 0.3) is 0 Å². The van der Waals surface area contributed by atoms with E-state index in [9.17, 15) is 0 Å². The Labute approximate surface area is 135 Å². The summed E-state index contributed by atoms with van der Waals surface area (Å²) in [5.41, 5.74) is 8.85. The van der Waals surface area contributed by atoms with Crippen molar-refractivity contribution in [2.45, 2.75) is 31.7 Å². The standard InChI is InChI=1S/C20H28N2/c1-4-12-18(5-2)20(19-14-9-6-10-15-19)22-17(3)13-8-7-11-16-21/h4-6,9-10,12,14-15,20,22H,1-3,7-8,11,13,16,21H2/b18-12+. The predicted octanol–water partition coefficient (Wildman–Crippen LogP) is 4.65. The third-order valence-corrected chi connectivity index (χ3v) is 3.54. The van der Waals surface area contributed by atoms with Crippen molar-refractivity contribution in [3.05, 3.63) is 85.1 Å². The smallest absolute Gasteiger partial charge is 0.0764 e. The number of rotatable bonds is 11. The molecule has 0 aliphatic heterocycles. The first-order chi connectivity index (χ1) is 10.7. The Kier molecular flexibility index (Phi) is 8.70. The molecule has 1 unspecified atom stereocenters. The molecule has 22 heavy (non-hydrogen) atoms. The lowest BCUT2D eigenvalue weighted by Crippen LogP contribution is -2.21. The highest BCUT2D eigenvalue weighted by Gasteiger charge is 2.14. The number of allylic oxidation sites excluding steroid dienone is 3. The summed E-state index contributed by atoms with van der Waals surface area (Å²) in [6.45, 7) is 12.6. The van der Waals surface area contributed by atoms with Crippen molar-refractivity contribution in [3.8, 4) is 0 Å². The van der Waals surface area contributed by atoms with Crippen LogP contribution in [0.1, 0.15) is 37.3 Å². The summed E-state index contributed by atoms with van der Waals surface area (Å²) in [7, 11) is 0. The molecule has 1 aromatic carbocycles. The van der Waals surface area contributed by atoms with Crippen LogP contribution in [0.15, 0.2) is 79.6 Å². The van der Waals surface area contributed by atoms with Gasteiger partial charge in [0.05, 0.1) is 6.04 Å². The molecule has 0 aliphatic carbocycles. The highest BCUT2D eigenvalue weighted by Crippen LogP contribution is 2.24. The summed E-state index contributed by atoms with van der Waals surface area (Å²) in [5.74, 6) is 0. The minimum Gasteiger partial charge on any atom is -0.378 e. The van der Waals surface area contributed by atoms with Crippen molar-refractivity contribution in [2.24, 2.45) is 5.73 Å². The number of unbranched alkanes of at least 4 members (excludes halogenated alkanes) is 2. The normalized spacial score (nSPS) is 12.5. The van der Waals surface area contributed by atoms with E-state index in [0.29, 0.717) is 0 Å². The second-order valence-corrected chi connectivity index (χ2v) is 5.30. The summed E-state index contributed by atoms with van der Waals surface area (Å²) in [6, 6.07) is 10.4. The zero-order chi connectivity index (χ0) is 16.2. The molecule has 2 nitrogen and oxygen atoms in total. The fourth-order valence-corrected chi connectivity index (χ4v) is 2.36. The highest BCUT2D eigenvalue weighted by molar-refractivity contribution is 5.36. The quantitative estimate of drug-likeness (QED) is 0.461. The second-order valence-electron chi connectivity index (χ2n) is 5.30. The highest BCUT2D eigenvalue weighted by atomic mass is 14.9. The van der Waals surface area contributed by atoms with Crippen molar-refractivity contribution in [1.82, 2.24) is 5.32 Å². The van der Waals surface area contributed by atoms with Crippen molar-refractivity contribution < 1.29 is 0 Å². The molecule has 118 valence electrons. The lowest BCUT2D eigenvalue weighted by Gasteiger charge is -2.23. The van der Waals surface area contributed by atoms with E-state index in [0.717, 1.165) is 43.5 Å². The maximum absolute atomic E-state index is 5.53. The molecule has 3 N–H and O–H groups in total. The van der Waals surface area contributed by atoms with E-state index in [-0.39, 0.29) is 6.04 Å². The van der Waals surface area contributed by atoms with Gasteiger partial charge < -0.3 is 11.1 Å². The van der Waals surface area contributed by atoms with Crippen LogP contribution in [0, 0.1) is 0 Å². The summed E-state index contributed by atoms with van der Waals surface area (Å²) in [6.07, 6.45) is 9.93. The monoisotopic (exact) mass is 296 g/mol. The lowest BCUT2D eigenvalue weighted by molar-refractivity contribution is 0.618. The minimum absolute atomic E-state index is 0.0544. The minimum atomic E-state index is 0.0544. The van der Waals surface area contributed by atoms with Crippen LogP contribution in [0.4, 0.5) is 0 Å². The molecule has 1 atom stereocenters. The van der Waals surface area contributed by atoms with Gasteiger partial charge in [-0.25, -0.2) is 0 Å². The summed E-state index contributed by atoms with van der Waals surface area (Å²) >= 11 is 0. The third kappa shape index (κ3) is 6.15. The average molecular weight is 296 g/mol. The van der Waals surface area contributed by atoms with Gasteiger partial charge in [-0.15, -0.1) is 0 Å². The molecule has 0 spiro atoms. The van der Waals surface area contributed by atoms with Crippen molar-refractivity contribution >= 4 is 0 Å². The molecule has 0 amide bonds. The molecule has 2 heteroatoms. The van der Waals surface area contributed by atoms with E-state index in [1.54, 1.807) is 6.08 Å². The zero-order valence-electron chi connectivity index (χ0n) is 13.4. The van der Waals surface area contributed by atoms with Gasteiger partial charge in [0.15, 0.2) is 0 Å². The van der Waals surface area contributed by atoms with Crippen LogP contribution in [0.5, 0.6) is 0 Å². The molecule has 0 aliphatic rings. The second kappa shape index (κ2) is 10.6. The van der Waals surface area contributed by atoms with Gasteiger partial charge in [-0.05, 0) is 36.9 Å². The van der Waals surface area contributed by atoms with Crippen LogP contribution in [0.3, 0.4) is 0 Å². The van der Waals surface area contributed by atoms with Crippen LogP contribution in [0.25, 0.3) is 0 Å². The largest absolute Gasteiger partial charge is 0.378 e. The summed E-state index contributed by atoms with van der Waals surface area (Å²) < 4.78 is 0.